The molecule has 21 heavy (non-hydrogen) atoms. The summed E-state index contributed by atoms with van der Waals surface area (Å²) < 4.78 is 0. The molecule has 0 aromatic carbocycles. The molecule has 4 nitrogen and oxygen atoms in total. The molecule has 1 aliphatic heterocycles. The second-order valence-corrected chi connectivity index (χ2v) is 6.96. The van der Waals surface area contributed by atoms with Crippen LogP contribution < -0.4 is 10.6 Å². The van der Waals surface area contributed by atoms with Crippen LogP contribution in [-0.2, 0) is 4.79 Å². The van der Waals surface area contributed by atoms with Gasteiger partial charge in [-0.2, -0.15) is 0 Å². The van der Waals surface area contributed by atoms with Crippen LogP contribution in [0.5, 0.6) is 0 Å². The third-order valence-electron chi connectivity index (χ3n) is 5.01. The van der Waals surface area contributed by atoms with E-state index >= 15 is 0 Å². The highest BCUT2D eigenvalue weighted by Gasteiger charge is 2.24. The van der Waals surface area contributed by atoms with Crippen LogP contribution >= 0.6 is 0 Å². The van der Waals surface area contributed by atoms with Crippen molar-refractivity contribution in [3.8, 4) is 0 Å². The quantitative estimate of drug-likeness (QED) is 0.756. The zero-order valence-electron chi connectivity index (χ0n) is 13.9. The van der Waals surface area contributed by atoms with E-state index in [1.807, 2.05) is 0 Å². The van der Waals surface area contributed by atoms with E-state index in [4.69, 9.17) is 0 Å². The fourth-order valence-electron chi connectivity index (χ4n) is 3.76. The van der Waals surface area contributed by atoms with Gasteiger partial charge in [-0.25, -0.2) is 0 Å². The van der Waals surface area contributed by atoms with Crippen LogP contribution in [0.2, 0.25) is 0 Å². The fourth-order valence-corrected chi connectivity index (χ4v) is 3.76. The van der Waals surface area contributed by atoms with Crippen molar-refractivity contribution in [2.24, 2.45) is 5.92 Å². The Hall–Kier alpha value is -0.610. The average molecular weight is 295 g/mol. The molecule has 0 radical (unpaired) electrons. The summed E-state index contributed by atoms with van der Waals surface area (Å²) in [5.41, 5.74) is 0. The first kappa shape index (κ1) is 16.8. The summed E-state index contributed by atoms with van der Waals surface area (Å²) in [7, 11) is 0. The molecule has 2 aliphatic rings. The van der Waals surface area contributed by atoms with Gasteiger partial charge in [0.05, 0.1) is 6.54 Å². The Bertz CT molecular complexity index is 315. The molecular weight excluding hydrogens is 262 g/mol. The molecule has 1 saturated carbocycles. The molecule has 4 heteroatoms. The monoisotopic (exact) mass is 295 g/mol. The van der Waals surface area contributed by atoms with Crippen molar-refractivity contribution in [2.45, 2.75) is 70.9 Å². The van der Waals surface area contributed by atoms with E-state index in [0.717, 1.165) is 32.5 Å². The number of hydrogen-bond acceptors (Lipinski definition) is 3. The molecule has 2 rings (SSSR count). The second kappa shape index (κ2) is 8.74. The number of hydrogen-bond donors (Lipinski definition) is 2. The van der Waals surface area contributed by atoms with Crippen LogP contribution in [0.15, 0.2) is 0 Å². The Morgan fingerprint density at radius 1 is 1.24 bits per heavy atom. The lowest BCUT2D eigenvalue weighted by molar-refractivity contribution is -0.123. The highest BCUT2D eigenvalue weighted by Crippen LogP contribution is 2.23. The predicted molar refractivity (Wildman–Crippen MR) is 87.3 cm³/mol. The van der Waals surface area contributed by atoms with Gasteiger partial charge in [-0.05, 0) is 51.1 Å². The number of amides is 1. The lowest BCUT2D eigenvalue weighted by Crippen LogP contribution is -2.48. The first-order valence-electron chi connectivity index (χ1n) is 8.94. The molecule has 1 heterocycles. The van der Waals surface area contributed by atoms with Crippen LogP contribution in [-0.4, -0.2) is 49.1 Å². The van der Waals surface area contributed by atoms with Crippen molar-refractivity contribution in [3.05, 3.63) is 0 Å². The SMILES string of the molecule is CCCN(CC(=O)NC1CCCCC1C)CC1CCCN1. The maximum absolute atomic E-state index is 12.3. The van der Waals surface area contributed by atoms with Crippen molar-refractivity contribution in [1.82, 2.24) is 15.5 Å². The molecule has 0 aromatic rings. The topological polar surface area (TPSA) is 44.4 Å². The minimum absolute atomic E-state index is 0.222. The fraction of sp³-hybridized carbons (Fsp3) is 0.941. The van der Waals surface area contributed by atoms with Gasteiger partial charge in [-0.15, -0.1) is 0 Å². The van der Waals surface area contributed by atoms with Gasteiger partial charge in [-0.1, -0.05) is 26.7 Å². The Balaban J connectivity index is 1.76. The van der Waals surface area contributed by atoms with Crippen LogP contribution in [0.4, 0.5) is 0 Å². The molecule has 3 unspecified atom stereocenters. The maximum atomic E-state index is 12.3. The van der Waals surface area contributed by atoms with E-state index in [1.54, 1.807) is 0 Å². The normalized spacial score (nSPS) is 29.8. The van der Waals surface area contributed by atoms with Crippen molar-refractivity contribution < 1.29 is 4.79 Å². The standard InChI is InChI=1S/C17H33N3O/c1-3-11-20(12-15-8-6-10-18-15)13-17(21)19-16-9-5-4-7-14(16)2/h14-16,18H,3-13H2,1-2H3,(H,19,21). The van der Waals surface area contributed by atoms with Crippen molar-refractivity contribution in [1.29, 1.82) is 0 Å². The summed E-state index contributed by atoms with van der Waals surface area (Å²) in [4.78, 5) is 14.7. The Kier molecular flexibility index (Phi) is 6.97. The molecular formula is C17H33N3O. The van der Waals surface area contributed by atoms with Gasteiger partial charge in [0.2, 0.25) is 5.91 Å². The van der Waals surface area contributed by atoms with Gasteiger partial charge in [0.15, 0.2) is 0 Å². The zero-order valence-corrected chi connectivity index (χ0v) is 13.9. The molecule has 0 spiro atoms. The van der Waals surface area contributed by atoms with E-state index in [9.17, 15) is 4.79 Å². The minimum atomic E-state index is 0.222. The minimum Gasteiger partial charge on any atom is -0.352 e. The molecule has 1 amide bonds. The Labute approximate surface area is 130 Å². The summed E-state index contributed by atoms with van der Waals surface area (Å²) in [6.45, 7) is 8.20. The highest BCUT2D eigenvalue weighted by atomic mass is 16.2. The van der Waals surface area contributed by atoms with Crippen LogP contribution in [0.25, 0.3) is 0 Å². The predicted octanol–water partition coefficient (Wildman–Crippen LogP) is 2.15. The van der Waals surface area contributed by atoms with Crippen LogP contribution in [0.1, 0.15) is 58.8 Å². The van der Waals surface area contributed by atoms with Gasteiger partial charge in [0.25, 0.3) is 0 Å². The first-order chi connectivity index (χ1) is 10.2. The number of nitrogens with zero attached hydrogens (tertiary/aromatic N) is 1. The third kappa shape index (κ3) is 5.59. The largest absolute Gasteiger partial charge is 0.352 e. The molecule has 122 valence electrons. The van der Waals surface area contributed by atoms with Crippen LogP contribution in [0.3, 0.4) is 0 Å². The van der Waals surface area contributed by atoms with Crippen molar-refractivity contribution in [2.75, 3.05) is 26.2 Å². The van der Waals surface area contributed by atoms with Crippen molar-refractivity contribution in [3.63, 3.8) is 0 Å². The summed E-state index contributed by atoms with van der Waals surface area (Å²) in [5.74, 6) is 0.860. The summed E-state index contributed by atoms with van der Waals surface area (Å²) in [6.07, 6.45) is 8.64. The van der Waals surface area contributed by atoms with E-state index in [-0.39, 0.29) is 5.91 Å². The molecule has 0 bridgehead atoms. The molecule has 2 fully saturated rings. The third-order valence-corrected chi connectivity index (χ3v) is 5.01. The average Bonchev–Trinajstić information content (AvgIpc) is 2.94. The smallest absolute Gasteiger partial charge is 0.234 e. The molecule has 3 atom stereocenters. The highest BCUT2D eigenvalue weighted by molar-refractivity contribution is 5.78. The molecule has 0 aromatic heterocycles. The van der Waals surface area contributed by atoms with Gasteiger partial charge >= 0.3 is 0 Å². The van der Waals surface area contributed by atoms with E-state index in [2.05, 4.69) is 29.4 Å². The summed E-state index contributed by atoms with van der Waals surface area (Å²) >= 11 is 0. The summed E-state index contributed by atoms with van der Waals surface area (Å²) in [5, 5.41) is 6.82. The number of carbonyl (C=O) groups excluding carboxylic acids is 1. The number of carbonyl (C=O) groups is 1. The Morgan fingerprint density at radius 2 is 2.05 bits per heavy atom. The number of nitrogens with one attached hydrogen (secondary N) is 2. The van der Waals surface area contributed by atoms with Crippen LogP contribution in [0, 0.1) is 5.92 Å². The maximum Gasteiger partial charge on any atom is 0.234 e. The first-order valence-corrected chi connectivity index (χ1v) is 8.94. The van der Waals surface area contributed by atoms with E-state index in [1.165, 1.54) is 32.1 Å². The van der Waals surface area contributed by atoms with Crippen molar-refractivity contribution >= 4 is 5.91 Å². The van der Waals surface area contributed by atoms with E-state index < -0.39 is 0 Å². The molecule has 2 N–H and O–H groups in total. The van der Waals surface area contributed by atoms with Gasteiger partial charge in [0.1, 0.15) is 0 Å². The molecule has 1 aliphatic carbocycles. The lowest BCUT2D eigenvalue weighted by atomic mass is 9.86. The molecule has 1 saturated heterocycles. The van der Waals surface area contributed by atoms with Gasteiger partial charge < -0.3 is 10.6 Å². The van der Waals surface area contributed by atoms with E-state index in [0.29, 0.717) is 24.5 Å². The van der Waals surface area contributed by atoms with Gasteiger partial charge in [0, 0.05) is 18.6 Å². The van der Waals surface area contributed by atoms with Gasteiger partial charge in [-0.3, -0.25) is 9.69 Å². The number of rotatable bonds is 7. The zero-order chi connectivity index (χ0) is 15.1. The Morgan fingerprint density at radius 3 is 2.71 bits per heavy atom. The summed E-state index contributed by atoms with van der Waals surface area (Å²) in [6, 6.07) is 0.984. The lowest BCUT2D eigenvalue weighted by Gasteiger charge is -2.31. The second-order valence-electron chi connectivity index (χ2n) is 6.96.